The van der Waals surface area contributed by atoms with E-state index in [1.807, 2.05) is 20.1 Å². The molecule has 1 saturated heterocycles. The number of likely N-dealkylation sites (tertiary alicyclic amines) is 1. The van der Waals surface area contributed by atoms with Crippen LogP contribution in [0.25, 0.3) is 10.9 Å². The molecule has 0 spiro atoms. The summed E-state index contributed by atoms with van der Waals surface area (Å²) in [4.78, 5) is 202. The summed E-state index contributed by atoms with van der Waals surface area (Å²) >= 11 is 2.88. The standard InChI is InChI=1S/C67H108N22O14S2/c1-34(2)27-46(61(98)87-52(35(3)4)63(100)82-45(21-26-105-9)58(95)88-53(36(5)6)65(102)103)85-62(99)50-19-14-24-89(50)64(101)49(28-38-31-77-42-16-11-10-15-40(38)42)86-60(97)48(30-51(69)90)84-57(94)44(18-13-23-76-67(72)73)81-59(96)47(29-39-32-74-33-78-39)83-56(93)43(17-12-22-75-66(70)71)80-54(91)37(7)79-55(92)41(68)20-25-104-8/h10-11,15-16,31-37,41,43-50,52-53,77H,12-14,17-30,68H2,1-9H3,(H2,69,90)(H,74,78)(H,79,92)(H,80,91)(H,81,96)(H,82,100)(H,83,93)(H,84,94)(H,85,99)(H,86,97)(H,87,98)(H,88,95)(H,102,103)(H4,70,71,75)(H4,72,73,76)/t37-,41-,43-,44-,45-,46-,47-,48-,49-,50-,52-,53-/m0/s1. The van der Waals surface area contributed by atoms with E-state index in [4.69, 9.17) is 34.4 Å². The summed E-state index contributed by atoms with van der Waals surface area (Å²) in [5.41, 5.74) is 35.6. The first kappa shape index (κ1) is 87.7. The van der Waals surface area contributed by atoms with Crippen molar-refractivity contribution >= 4 is 123 Å². The van der Waals surface area contributed by atoms with Gasteiger partial charge in [0.25, 0.3) is 0 Å². The van der Waals surface area contributed by atoms with Crippen LogP contribution in [0.5, 0.6) is 0 Å². The Morgan fingerprint density at radius 2 is 1.10 bits per heavy atom. The van der Waals surface area contributed by atoms with E-state index >= 15 is 4.79 Å². The van der Waals surface area contributed by atoms with Crippen LogP contribution in [0.2, 0.25) is 0 Å². The molecular formula is C67H108N22O14S2. The maximum atomic E-state index is 15.3. The van der Waals surface area contributed by atoms with Gasteiger partial charge in [0.1, 0.15) is 66.5 Å². The fourth-order valence-electron chi connectivity index (χ4n) is 11.4. The number of aromatic nitrogens is 3. The second-order valence-corrected chi connectivity index (χ2v) is 28.8. The van der Waals surface area contributed by atoms with Crippen molar-refractivity contribution in [2.45, 2.75) is 198 Å². The number of hydrogen-bond acceptors (Lipinski definition) is 19. The Morgan fingerprint density at radius 3 is 1.66 bits per heavy atom. The Bertz CT molecular complexity index is 3490. The highest BCUT2D eigenvalue weighted by atomic mass is 32.2. The van der Waals surface area contributed by atoms with E-state index in [0.717, 1.165) is 0 Å². The molecule has 3 heterocycles. The van der Waals surface area contributed by atoms with Gasteiger partial charge in [-0.2, -0.15) is 23.5 Å². The molecule has 0 aliphatic carbocycles. The summed E-state index contributed by atoms with van der Waals surface area (Å²) < 4.78 is 0. The predicted octanol–water partition coefficient (Wildman–Crippen LogP) is -3.21. The molecular weight excluding hydrogens is 1400 g/mol. The highest BCUT2D eigenvalue weighted by molar-refractivity contribution is 7.98. The number of fused-ring (bicyclic) bond motifs is 1. The molecule has 38 heteroatoms. The van der Waals surface area contributed by atoms with Crippen molar-refractivity contribution in [1.29, 1.82) is 0 Å². The number of carboxylic acid groups (broad SMARTS) is 1. The molecule has 12 atom stereocenters. The van der Waals surface area contributed by atoms with Crippen LogP contribution in [0.1, 0.15) is 124 Å². The summed E-state index contributed by atoms with van der Waals surface area (Å²) in [7, 11) is 0. The Labute approximate surface area is 618 Å². The number of aliphatic carboxylic acids is 1. The number of aromatic amines is 2. The zero-order chi connectivity index (χ0) is 78.2. The van der Waals surface area contributed by atoms with Gasteiger partial charge in [0.2, 0.25) is 70.9 Å². The van der Waals surface area contributed by atoms with E-state index in [2.05, 4.69) is 78.1 Å². The molecule has 0 radical (unpaired) electrons. The number of rotatable bonds is 46. The highest BCUT2D eigenvalue weighted by Crippen LogP contribution is 2.24. The van der Waals surface area contributed by atoms with E-state index < -0.39 is 168 Å². The van der Waals surface area contributed by atoms with E-state index in [0.29, 0.717) is 46.5 Å². The predicted molar refractivity (Wildman–Crippen MR) is 398 cm³/mol. The van der Waals surface area contributed by atoms with Gasteiger partial charge in [-0.3, -0.25) is 67.5 Å². The maximum absolute atomic E-state index is 15.3. The normalized spacial score (nSPS) is 15.9. The van der Waals surface area contributed by atoms with Gasteiger partial charge in [0.15, 0.2) is 11.9 Å². The number of imidazole rings is 1. The zero-order valence-electron chi connectivity index (χ0n) is 61.0. The number of nitrogens with one attached hydrogen (secondary N) is 12. The van der Waals surface area contributed by atoms with Crippen molar-refractivity contribution in [2.24, 2.45) is 62.1 Å². The molecule has 4 rings (SSSR count). The minimum Gasteiger partial charge on any atom is -0.480 e. The molecule has 12 amide bonds. The number of amides is 12. The lowest BCUT2D eigenvalue weighted by Gasteiger charge is -2.31. The minimum absolute atomic E-state index is 0.00412. The summed E-state index contributed by atoms with van der Waals surface area (Å²) in [6, 6.07) is -9.04. The Morgan fingerprint density at radius 1 is 0.581 bits per heavy atom. The van der Waals surface area contributed by atoms with E-state index in [-0.39, 0.29) is 95.3 Å². The lowest BCUT2D eigenvalue weighted by atomic mass is 9.99. The molecule has 1 fully saturated rings. The molecule has 1 aliphatic rings. The van der Waals surface area contributed by atoms with E-state index in [1.165, 1.54) is 47.9 Å². The van der Waals surface area contributed by atoms with Crippen LogP contribution in [0.3, 0.4) is 0 Å². The third kappa shape index (κ3) is 29.4. The van der Waals surface area contributed by atoms with E-state index in [9.17, 15) is 62.6 Å². The third-order valence-corrected chi connectivity index (χ3v) is 18.4. The lowest BCUT2D eigenvalue weighted by molar-refractivity contribution is -0.143. The fraction of sp³-hybridized carbons (Fsp3) is 0.612. The van der Waals surface area contributed by atoms with Crippen molar-refractivity contribution in [3.05, 3.63) is 54.2 Å². The van der Waals surface area contributed by atoms with Crippen LogP contribution in [-0.4, -0.2) is 230 Å². The Kier molecular flexibility index (Phi) is 36.9. The number of guanidine groups is 2. The van der Waals surface area contributed by atoms with Gasteiger partial charge in [-0.15, -0.1) is 0 Å². The smallest absolute Gasteiger partial charge is 0.326 e. The van der Waals surface area contributed by atoms with Crippen LogP contribution in [0.4, 0.5) is 0 Å². The maximum Gasteiger partial charge on any atom is 0.326 e. The molecule has 105 heavy (non-hydrogen) atoms. The number of thioether (sulfide) groups is 2. The van der Waals surface area contributed by atoms with Gasteiger partial charge < -0.3 is 108 Å². The van der Waals surface area contributed by atoms with Crippen molar-refractivity contribution in [3.8, 4) is 0 Å². The number of primary amides is 1. The fourth-order valence-corrected chi connectivity index (χ4v) is 12.4. The number of nitrogens with two attached hydrogens (primary N) is 6. The number of para-hydroxylation sites is 1. The van der Waals surface area contributed by atoms with Gasteiger partial charge in [-0.05, 0) is 118 Å². The number of H-pyrrole nitrogens is 2. The first-order chi connectivity index (χ1) is 49.6. The lowest BCUT2D eigenvalue weighted by Crippen LogP contribution is -2.61. The number of carboxylic acids is 1. The summed E-state index contributed by atoms with van der Waals surface area (Å²) in [5, 5.41) is 36.9. The monoisotopic (exact) mass is 1510 g/mol. The molecule has 0 bridgehead atoms. The van der Waals surface area contributed by atoms with Crippen LogP contribution < -0.4 is 87.6 Å². The Balaban J connectivity index is 1.67. The van der Waals surface area contributed by atoms with Crippen molar-refractivity contribution in [2.75, 3.05) is 43.7 Å². The minimum atomic E-state index is -1.84. The number of carbonyl (C=O) groups excluding carboxylic acids is 12. The Hall–Kier alpha value is -9.72. The van der Waals surface area contributed by atoms with Gasteiger partial charge in [0.05, 0.1) is 18.8 Å². The average molecular weight is 1510 g/mol. The molecule has 25 N–H and O–H groups in total. The van der Waals surface area contributed by atoms with Gasteiger partial charge >= 0.3 is 5.97 Å². The molecule has 3 aromatic rings. The summed E-state index contributed by atoms with van der Waals surface area (Å²) in [5.74, 6) is -12.2. The summed E-state index contributed by atoms with van der Waals surface area (Å²) in [6.45, 7) is 11.6. The zero-order valence-corrected chi connectivity index (χ0v) is 62.7. The second kappa shape index (κ2) is 44.2. The van der Waals surface area contributed by atoms with Gasteiger partial charge in [-0.1, -0.05) is 59.7 Å². The number of hydrogen-bond donors (Lipinski definition) is 19. The molecule has 0 saturated carbocycles. The second-order valence-electron chi connectivity index (χ2n) is 26.9. The topological polar surface area (TPSA) is 591 Å². The number of benzene rings is 1. The largest absolute Gasteiger partial charge is 0.480 e. The van der Waals surface area contributed by atoms with Gasteiger partial charge in [0, 0.05) is 61.5 Å². The first-order valence-corrected chi connectivity index (χ1v) is 37.7. The molecule has 2 aromatic heterocycles. The van der Waals surface area contributed by atoms with Crippen LogP contribution in [-0.2, 0) is 75.2 Å². The van der Waals surface area contributed by atoms with E-state index in [1.54, 1.807) is 64.4 Å². The molecule has 1 aromatic carbocycles. The van der Waals surface area contributed by atoms with Crippen LogP contribution >= 0.6 is 23.5 Å². The van der Waals surface area contributed by atoms with Crippen LogP contribution in [0.15, 0.2) is 53.0 Å². The highest BCUT2D eigenvalue weighted by Gasteiger charge is 2.42. The molecule has 0 unspecified atom stereocenters. The third-order valence-electron chi connectivity index (χ3n) is 17.1. The number of nitrogens with zero attached hydrogens (tertiary/aromatic N) is 4. The quantitative estimate of drug-likeness (QED) is 0.0150. The summed E-state index contributed by atoms with van der Waals surface area (Å²) in [6.07, 6.45) is 7.38. The van der Waals surface area contributed by atoms with Gasteiger partial charge in [-0.25, -0.2) is 9.78 Å². The number of aliphatic imine (C=N–C) groups is 2. The van der Waals surface area contributed by atoms with Crippen LogP contribution in [0, 0.1) is 17.8 Å². The SMILES string of the molecule is CSCC[C@H](NC(=O)[C@@H](NC(=O)[C@H](CC(C)C)NC(=O)[C@@H]1CCCN1C(=O)[C@H](Cc1c[nH]c2ccccc12)NC(=O)[C@H](CC(N)=O)NC(=O)[C@H](CCCN=C(N)N)NC(=O)[C@H](Cc1cnc[nH]1)NC(=O)[C@H](CCCN=C(N)N)NC(=O)[C@H](C)NC(=O)[C@@H](N)CCSC)C(C)C)C(=O)N[C@H](C(=O)O)C(C)C. The molecule has 582 valence electrons. The van der Waals surface area contributed by atoms with Crippen molar-refractivity contribution in [1.82, 2.24) is 73.0 Å². The first-order valence-electron chi connectivity index (χ1n) is 34.9. The van der Waals surface area contributed by atoms with Crippen molar-refractivity contribution < 1.29 is 67.4 Å². The molecule has 36 nitrogen and oxygen atoms in total. The van der Waals surface area contributed by atoms with Crippen molar-refractivity contribution in [3.63, 3.8) is 0 Å². The molecule has 1 aliphatic heterocycles. The average Bonchev–Trinajstić information content (AvgIpc) is 1.71. The number of carbonyl (C=O) groups is 13.